The van der Waals surface area contributed by atoms with Crippen LogP contribution in [0.3, 0.4) is 0 Å². The van der Waals surface area contributed by atoms with Gasteiger partial charge in [0.25, 0.3) is 0 Å². The van der Waals surface area contributed by atoms with Crippen LogP contribution in [0.2, 0.25) is 0 Å². The Morgan fingerprint density at radius 3 is 1.82 bits per heavy atom. The second-order valence-corrected chi connectivity index (χ2v) is 8.46. The molecular weight excluding hydrogens is 352 g/mol. The van der Waals surface area contributed by atoms with E-state index in [1.54, 1.807) is 38.1 Å². The average molecular weight is 380 g/mol. The number of Topliss-reactive ketones (excluding diaryl/α,β-unsaturated/α-hetero) is 1. The molecule has 2 N–H and O–H groups in total. The third-order valence-electron chi connectivity index (χ3n) is 4.67. The minimum absolute atomic E-state index is 0.0462. The lowest BCUT2D eigenvalue weighted by molar-refractivity contribution is -0.135. The van der Waals surface area contributed by atoms with Crippen molar-refractivity contribution in [3.8, 4) is 0 Å². The van der Waals surface area contributed by atoms with Crippen LogP contribution in [0, 0.1) is 5.41 Å². The van der Waals surface area contributed by atoms with Gasteiger partial charge in [0, 0.05) is 16.9 Å². The summed E-state index contributed by atoms with van der Waals surface area (Å²) in [7, 11) is 0. The molecule has 2 amide bonds. The number of nitrogens with one attached hydrogen (secondary N) is 2. The van der Waals surface area contributed by atoms with Crippen LogP contribution in [-0.2, 0) is 15.0 Å². The van der Waals surface area contributed by atoms with Crippen molar-refractivity contribution >= 4 is 29.0 Å². The number of amides is 2. The van der Waals surface area contributed by atoms with E-state index >= 15 is 0 Å². The molecule has 5 heteroatoms. The van der Waals surface area contributed by atoms with E-state index in [1.807, 2.05) is 24.3 Å². The van der Waals surface area contributed by atoms with Crippen LogP contribution in [0.4, 0.5) is 11.4 Å². The molecule has 0 bridgehead atoms. The van der Waals surface area contributed by atoms with Gasteiger partial charge in [-0.25, -0.2) is 0 Å². The third kappa shape index (κ3) is 4.85. The first-order chi connectivity index (χ1) is 12.9. The van der Waals surface area contributed by atoms with Crippen LogP contribution >= 0.6 is 0 Å². The van der Waals surface area contributed by atoms with Gasteiger partial charge >= 0.3 is 0 Å². The normalized spacial score (nSPS) is 11.6. The molecule has 5 nitrogen and oxygen atoms in total. The summed E-state index contributed by atoms with van der Waals surface area (Å²) in [5.74, 6) is -0.856. The van der Waals surface area contributed by atoms with Gasteiger partial charge in [-0.05, 0) is 62.1 Å². The van der Waals surface area contributed by atoms with Gasteiger partial charge in [0.1, 0.15) is 5.41 Å². The number of carbonyl (C=O) groups is 3. The fraction of sp³-hybridized carbons (Fsp3) is 0.348. The van der Waals surface area contributed by atoms with Gasteiger partial charge in [0.2, 0.25) is 11.8 Å². The predicted octanol–water partition coefficient (Wildman–Crippen LogP) is 4.79. The average Bonchev–Trinajstić information content (AvgIpc) is 2.61. The van der Waals surface area contributed by atoms with Crippen molar-refractivity contribution in [1.82, 2.24) is 0 Å². The van der Waals surface area contributed by atoms with E-state index in [-0.39, 0.29) is 17.1 Å². The van der Waals surface area contributed by atoms with Gasteiger partial charge in [0.15, 0.2) is 5.78 Å². The van der Waals surface area contributed by atoms with Crippen LogP contribution < -0.4 is 10.6 Å². The highest BCUT2D eigenvalue weighted by atomic mass is 16.2. The van der Waals surface area contributed by atoms with Crippen molar-refractivity contribution in [1.29, 1.82) is 0 Å². The lowest BCUT2D eigenvalue weighted by Gasteiger charge is -2.26. The summed E-state index contributed by atoms with van der Waals surface area (Å²) < 4.78 is 0. The fourth-order valence-corrected chi connectivity index (χ4v) is 2.70. The summed E-state index contributed by atoms with van der Waals surface area (Å²) in [6.07, 6.45) is 0. The first-order valence-electron chi connectivity index (χ1n) is 9.26. The maximum Gasteiger partial charge on any atom is 0.239 e. The summed E-state index contributed by atoms with van der Waals surface area (Å²) in [5, 5.41) is 5.65. The zero-order valence-corrected chi connectivity index (χ0v) is 17.3. The number of carbonyl (C=O) groups excluding carboxylic acids is 3. The van der Waals surface area contributed by atoms with Crippen molar-refractivity contribution in [3.63, 3.8) is 0 Å². The van der Waals surface area contributed by atoms with Gasteiger partial charge in [-0.1, -0.05) is 39.0 Å². The van der Waals surface area contributed by atoms with E-state index in [0.29, 0.717) is 16.9 Å². The summed E-state index contributed by atoms with van der Waals surface area (Å²) in [5.41, 5.74) is 1.37. The predicted molar refractivity (Wildman–Crippen MR) is 113 cm³/mol. The highest BCUT2D eigenvalue weighted by Gasteiger charge is 2.36. The monoisotopic (exact) mass is 380 g/mol. The molecule has 0 fully saturated rings. The highest BCUT2D eigenvalue weighted by molar-refractivity contribution is 6.14. The van der Waals surface area contributed by atoms with Crippen LogP contribution in [0.25, 0.3) is 0 Å². The van der Waals surface area contributed by atoms with E-state index in [2.05, 4.69) is 31.4 Å². The lowest BCUT2D eigenvalue weighted by Crippen LogP contribution is -2.42. The Balaban J connectivity index is 2.16. The van der Waals surface area contributed by atoms with Crippen molar-refractivity contribution in [2.75, 3.05) is 10.6 Å². The molecule has 0 aliphatic heterocycles. The lowest BCUT2D eigenvalue weighted by atomic mass is 9.85. The molecule has 2 rings (SSSR count). The van der Waals surface area contributed by atoms with E-state index in [4.69, 9.17) is 0 Å². The van der Waals surface area contributed by atoms with Crippen LogP contribution in [0.1, 0.15) is 57.5 Å². The van der Waals surface area contributed by atoms with Gasteiger partial charge in [-0.15, -0.1) is 0 Å². The Bertz CT molecular complexity index is 891. The van der Waals surface area contributed by atoms with Crippen molar-refractivity contribution < 1.29 is 14.4 Å². The molecule has 0 atom stereocenters. The number of hydrogen-bond donors (Lipinski definition) is 2. The van der Waals surface area contributed by atoms with Crippen LogP contribution in [0.5, 0.6) is 0 Å². The van der Waals surface area contributed by atoms with Crippen molar-refractivity contribution in [2.24, 2.45) is 5.41 Å². The molecule has 2 aromatic carbocycles. The van der Waals surface area contributed by atoms with Gasteiger partial charge < -0.3 is 10.6 Å². The van der Waals surface area contributed by atoms with Gasteiger partial charge in [-0.2, -0.15) is 0 Å². The molecule has 28 heavy (non-hydrogen) atoms. The Hall–Kier alpha value is -2.95. The number of rotatable bonds is 5. The minimum atomic E-state index is -1.29. The molecule has 0 heterocycles. The third-order valence-corrected chi connectivity index (χ3v) is 4.67. The molecule has 0 aliphatic rings. The molecule has 2 aromatic rings. The standard InChI is InChI=1S/C23H28N2O3/c1-15(26)16-11-13-17(14-12-16)24-20(27)23(5,6)21(28)25-19-10-8-7-9-18(19)22(2,3)4/h7-14H,1-6H3,(H,24,27)(H,25,28). The Morgan fingerprint density at radius 1 is 0.750 bits per heavy atom. The zero-order valence-electron chi connectivity index (χ0n) is 17.3. The first-order valence-corrected chi connectivity index (χ1v) is 9.26. The van der Waals surface area contributed by atoms with E-state index in [9.17, 15) is 14.4 Å². The maximum atomic E-state index is 12.9. The molecular formula is C23H28N2O3. The number of hydrogen-bond acceptors (Lipinski definition) is 3. The highest BCUT2D eigenvalue weighted by Crippen LogP contribution is 2.31. The topological polar surface area (TPSA) is 75.3 Å². The fourth-order valence-electron chi connectivity index (χ4n) is 2.70. The van der Waals surface area contributed by atoms with Crippen LogP contribution in [0.15, 0.2) is 48.5 Å². The van der Waals surface area contributed by atoms with Gasteiger partial charge in [0.05, 0.1) is 0 Å². The molecule has 0 saturated heterocycles. The number of benzene rings is 2. The van der Waals surface area contributed by atoms with Crippen molar-refractivity contribution in [2.45, 2.75) is 47.0 Å². The molecule has 148 valence electrons. The molecule has 0 aliphatic carbocycles. The molecule has 0 spiro atoms. The van der Waals surface area contributed by atoms with Gasteiger partial charge in [-0.3, -0.25) is 14.4 Å². The second-order valence-electron chi connectivity index (χ2n) is 8.46. The maximum absolute atomic E-state index is 12.9. The van der Waals surface area contributed by atoms with Crippen molar-refractivity contribution in [3.05, 3.63) is 59.7 Å². The second kappa shape index (κ2) is 7.97. The van der Waals surface area contributed by atoms with E-state index in [0.717, 1.165) is 5.56 Å². The summed E-state index contributed by atoms with van der Waals surface area (Å²) in [6, 6.07) is 14.2. The number of anilines is 2. The van der Waals surface area contributed by atoms with E-state index in [1.165, 1.54) is 6.92 Å². The van der Waals surface area contributed by atoms with Crippen LogP contribution in [-0.4, -0.2) is 17.6 Å². The Labute approximate surface area is 166 Å². The summed E-state index contributed by atoms with van der Waals surface area (Å²) >= 11 is 0. The van der Waals surface area contributed by atoms with E-state index < -0.39 is 11.3 Å². The minimum Gasteiger partial charge on any atom is -0.325 e. The first kappa shape index (κ1) is 21.4. The quantitative estimate of drug-likeness (QED) is 0.578. The molecule has 0 radical (unpaired) electrons. The summed E-state index contributed by atoms with van der Waals surface area (Å²) in [6.45, 7) is 10.9. The Kier molecular flexibility index (Phi) is 6.07. The smallest absolute Gasteiger partial charge is 0.239 e. The molecule has 0 aromatic heterocycles. The Morgan fingerprint density at radius 2 is 1.29 bits per heavy atom. The SMILES string of the molecule is CC(=O)c1ccc(NC(=O)C(C)(C)C(=O)Nc2ccccc2C(C)(C)C)cc1. The number of para-hydroxylation sites is 1. The summed E-state index contributed by atoms with van der Waals surface area (Å²) in [4.78, 5) is 37.0. The zero-order chi connectivity index (χ0) is 21.1. The number of ketones is 1. The molecule has 0 unspecified atom stereocenters. The largest absolute Gasteiger partial charge is 0.325 e. The molecule has 0 saturated carbocycles.